The van der Waals surface area contributed by atoms with Crippen molar-refractivity contribution in [3.63, 3.8) is 0 Å². The summed E-state index contributed by atoms with van der Waals surface area (Å²) < 4.78 is 54.2. The van der Waals surface area contributed by atoms with Crippen LogP contribution in [0.4, 0.5) is 23.2 Å². The molecule has 0 spiro atoms. The van der Waals surface area contributed by atoms with Gasteiger partial charge in [0, 0.05) is 18.2 Å². The van der Waals surface area contributed by atoms with Crippen molar-refractivity contribution in [2.75, 3.05) is 11.9 Å². The molecule has 0 saturated carbocycles. The summed E-state index contributed by atoms with van der Waals surface area (Å²) in [7, 11) is 0. The summed E-state index contributed by atoms with van der Waals surface area (Å²) in [5, 5.41) is 4.78. The van der Waals surface area contributed by atoms with Crippen molar-refractivity contribution in [1.82, 2.24) is 5.32 Å². The second-order valence-electron chi connectivity index (χ2n) is 4.39. The number of hydrogen-bond donors (Lipinski definition) is 2. The van der Waals surface area contributed by atoms with Gasteiger partial charge in [-0.1, -0.05) is 6.07 Å². The van der Waals surface area contributed by atoms with Crippen LogP contribution in [0.3, 0.4) is 0 Å². The van der Waals surface area contributed by atoms with E-state index in [1.54, 1.807) is 0 Å². The molecule has 4 nitrogen and oxygen atoms in total. The average molecular weight is 292 g/mol. The molecule has 1 amide bonds. The van der Waals surface area contributed by atoms with Crippen LogP contribution in [0, 0.1) is 0 Å². The van der Waals surface area contributed by atoms with E-state index >= 15 is 0 Å². The van der Waals surface area contributed by atoms with E-state index in [-0.39, 0.29) is 11.4 Å². The minimum atomic E-state index is -2.98. The summed E-state index contributed by atoms with van der Waals surface area (Å²) in [6.07, 6.45) is -0.591. The molecule has 2 rings (SSSR count). The number of rotatable bonds is 4. The summed E-state index contributed by atoms with van der Waals surface area (Å²) in [5.41, 5.74) is 0.199. The third kappa shape index (κ3) is 3.83. The lowest BCUT2D eigenvalue weighted by atomic mass is 10.2. The molecule has 1 heterocycles. The predicted molar refractivity (Wildman–Crippen MR) is 63.1 cm³/mol. The van der Waals surface area contributed by atoms with E-state index in [0.717, 1.165) is 0 Å². The van der Waals surface area contributed by atoms with E-state index in [9.17, 15) is 22.4 Å². The minimum Gasteiger partial charge on any atom is -0.435 e. The zero-order valence-corrected chi connectivity index (χ0v) is 10.2. The second kappa shape index (κ2) is 5.66. The molecular weight excluding hydrogens is 280 g/mol. The number of carbonyl (C=O) groups is 1. The largest absolute Gasteiger partial charge is 0.435 e. The Morgan fingerprint density at radius 2 is 2.20 bits per heavy atom. The highest BCUT2D eigenvalue weighted by molar-refractivity contribution is 5.95. The number of hydrogen-bond acceptors (Lipinski definition) is 3. The minimum absolute atomic E-state index is 0.123. The Balaban J connectivity index is 1.98. The number of halogens is 4. The molecule has 1 aliphatic rings. The van der Waals surface area contributed by atoms with Gasteiger partial charge >= 0.3 is 6.61 Å². The Hall–Kier alpha value is -1.83. The quantitative estimate of drug-likeness (QED) is 0.837. The van der Waals surface area contributed by atoms with E-state index in [2.05, 4.69) is 15.4 Å². The van der Waals surface area contributed by atoms with Crippen molar-refractivity contribution < 1.29 is 27.1 Å². The van der Waals surface area contributed by atoms with Crippen molar-refractivity contribution in [2.45, 2.75) is 25.0 Å². The van der Waals surface area contributed by atoms with E-state index < -0.39 is 37.4 Å². The van der Waals surface area contributed by atoms with Gasteiger partial charge in [-0.25, -0.2) is 8.78 Å². The van der Waals surface area contributed by atoms with Crippen LogP contribution in [0.5, 0.6) is 5.75 Å². The van der Waals surface area contributed by atoms with E-state index in [1.165, 1.54) is 24.3 Å². The van der Waals surface area contributed by atoms with Crippen LogP contribution in [0.15, 0.2) is 24.3 Å². The molecule has 110 valence electrons. The Morgan fingerprint density at radius 1 is 1.45 bits per heavy atom. The maximum atomic E-state index is 13.0. The van der Waals surface area contributed by atoms with Crippen LogP contribution in [-0.2, 0) is 4.79 Å². The van der Waals surface area contributed by atoms with Crippen LogP contribution in [0.25, 0.3) is 0 Å². The molecule has 1 saturated heterocycles. The van der Waals surface area contributed by atoms with Crippen LogP contribution >= 0.6 is 0 Å². The first-order valence-corrected chi connectivity index (χ1v) is 5.83. The number of anilines is 1. The van der Waals surface area contributed by atoms with Crippen molar-refractivity contribution in [3.8, 4) is 5.75 Å². The van der Waals surface area contributed by atoms with Gasteiger partial charge in [0.05, 0.1) is 12.6 Å². The number of nitrogens with one attached hydrogen (secondary N) is 2. The van der Waals surface area contributed by atoms with Crippen LogP contribution in [-0.4, -0.2) is 31.0 Å². The highest BCUT2D eigenvalue weighted by Crippen LogP contribution is 2.26. The van der Waals surface area contributed by atoms with Gasteiger partial charge in [-0.15, -0.1) is 0 Å². The molecule has 0 bridgehead atoms. The van der Waals surface area contributed by atoms with E-state index in [4.69, 9.17) is 0 Å². The standard InChI is InChI=1S/C12H12F4N2O2/c13-11(14)20-8-3-1-2-7(4-8)18-10(19)9-5-12(15,16)6-17-9/h1-4,9,11,17H,5-6H2,(H,18,19). The number of benzene rings is 1. The van der Waals surface area contributed by atoms with Crippen molar-refractivity contribution >= 4 is 11.6 Å². The molecule has 2 N–H and O–H groups in total. The molecule has 20 heavy (non-hydrogen) atoms. The lowest BCUT2D eigenvalue weighted by molar-refractivity contribution is -0.118. The van der Waals surface area contributed by atoms with Crippen LogP contribution < -0.4 is 15.4 Å². The topological polar surface area (TPSA) is 50.4 Å². The monoisotopic (exact) mass is 292 g/mol. The van der Waals surface area contributed by atoms with E-state index in [1.807, 2.05) is 0 Å². The number of ether oxygens (including phenoxy) is 1. The Kier molecular flexibility index (Phi) is 4.12. The summed E-state index contributed by atoms with van der Waals surface area (Å²) >= 11 is 0. The van der Waals surface area contributed by atoms with Crippen molar-refractivity contribution in [3.05, 3.63) is 24.3 Å². The SMILES string of the molecule is O=C(Nc1cccc(OC(F)F)c1)C1CC(F)(F)CN1. The van der Waals surface area contributed by atoms with Crippen molar-refractivity contribution in [2.24, 2.45) is 0 Å². The van der Waals surface area contributed by atoms with Crippen LogP contribution in [0.1, 0.15) is 6.42 Å². The fourth-order valence-electron chi connectivity index (χ4n) is 1.88. The number of alkyl halides is 4. The lowest BCUT2D eigenvalue weighted by Crippen LogP contribution is -2.35. The van der Waals surface area contributed by atoms with Gasteiger partial charge in [0.25, 0.3) is 5.92 Å². The Bertz CT molecular complexity index is 496. The molecule has 1 fully saturated rings. The molecule has 1 aliphatic heterocycles. The van der Waals surface area contributed by atoms with Crippen LogP contribution in [0.2, 0.25) is 0 Å². The third-order valence-electron chi connectivity index (χ3n) is 2.75. The summed E-state index contributed by atoms with van der Waals surface area (Å²) in [4.78, 5) is 11.7. The first-order chi connectivity index (χ1) is 9.35. The molecule has 8 heteroatoms. The highest BCUT2D eigenvalue weighted by atomic mass is 19.3. The zero-order chi connectivity index (χ0) is 14.8. The van der Waals surface area contributed by atoms with Gasteiger partial charge < -0.3 is 10.1 Å². The third-order valence-corrected chi connectivity index (χ3v) is 2.75. The molecule has 0 aromatic heterocycles. The molecule has 1 aromatic carbocycles. The molecule has 0 aliphatic carbocycles. The normalized spacial score (nSPS) is 20.9. The van der Waals surface area contributed by atoms with Gasteiger partial charge in [-0.05, 0) is 12.1 Å². The summed E-state index contributed by atoms with van der Waals surface area (Å²) in [6.45, 7) is -3.53. The van der Waals surface area contributed by atoms with Crippen molar-refractivity contribution in [1.29, 1.82) is 0 Å². The zero-order valence-electron chi connectivity index (χ0n) is 10.2. The molecule has 0 radical (unpaired) electrons. The number of carbonyl (C=O) groups excluding carboxylic acids is 1. The molecule has 1 aromatic rings. The fourth-order valence-corrected chi connectivity index (χ4v) is 1.88. The molecular formula is C12H12F4N2O2. The average Bonchev–Trinajstić information content (AvgIpc) is 2.69. The number of amides is 1. The first kappa shape index (κ1) is 14.6. The summed E-state index contributed by atoms with van der Waals surface area (Å²) in [6, 6.07) is 4.33. The van der Waals surface area contributed by atoms with Gasteiger partial charge in [-0.2, -0.15) is 8.78 Å². The fraction of sp³-hybridized carbons (Fsp3) is 0.417. The van der Waals surface area contributed by atoms with E-state index in [0.29, 0.717) is 0 Å². The van der Waals surface area contributed by atoms with Gasteiger partial charge in [-0.3, -0.25) is 10.1 Å². The first-order valence-electron chi connectivity index (χ1n) is 5.83. The highest BCUT2D eigenvalue weighted by Gasteiger charge is 2.42. The smallest absolute Gasteiger partial charge is 0.387 e. The Labute approximate surface area is 112 Å². The maximum absolute atomic E-state index is 13.0. The lowest BCUT2D eigenvalue weighted by Gasteiger charge is -2.12. The second-order valence-corrected chi connectivity index (χ2v) is 4.39. The maximum Gasteiger partial charge on any atom is 0.387 e. The summed E-state index contributed by atoms with van der Waals surface area (Å²) in [5.74, 6) is -3.68. The predicted octanol–water partition coefficient (Wildman–Crippen LogP) is 2.22. The van der Waals surface area contributed by atoms with Gasteiger partial charge in [0.2, 0.25) is 5.91 Å². The molecule has 1 atom stereocenters. The van der Waals surface area contributed by atoms with Gasteiger partial charge in [0.1, 0.15) is 5.75 Å². The Morgan fingerprint density at radius 3 is 2.80 bits per heavy atom. The van der Waals surface area contributed by atoms with Gasteiger partial charge in [0.15, 0.2) is 0 Å². The molecule has 1 unspecified atom stereocenters.